The van der Waals surface area contributed by atoms with Crippen molar-refractivity contribution >= 4 is 5.69 Å². The van der Waals surface area contributed by atoms with Gasteiger partial charge in [-0.2, -0.15) is 0 Å². The highest BCUT2D eigenvalue weighted by molar-refractivity contribution is 5.60. The molecule has 0 fully saturated rings. The number of nitrogens with one attached hydrogen (secondary N) is 1. The molecule has 18 heavy (non-hydrogen) atoms. The number of aryl methyl sites for hydroxylation is 1. The van der Waals surface area contributed by atoms with E-state index in [0.717, 1.165) is 18.5 Å². The van der Waals surface area contributed by atoms with Gasteiger partial charge in [-0.1, -0.05) is 31.2 Å². The summed E-state index contributed by atoms with van der Waals surface area (Å²) in [5, 5.41) is 13.0. The van der Waals surface area contributed by atoms with Crippen LogP contribution in [0.3, 0.4) is 0 Å². The van der Waals surface area contributed by atoms with Crippen LogP contribution in [0.25, 0.3) is 0 Å². The summed E-state index contributed by atoms with van der Waals surface area (Å²) in [5.74, 6) is 0.346. The third-order valence-corrected chi connectivity index (χ3v) is 3.60. The fourth-order valence-electron chi connectivity index (χ4n) is 2.58. The molecule has 0 saturated carbocycles. The highest BCUT2D eigenvalue weighted by Gasteiger charge is 2.22. The van der Waals surface area contributed by atoms with Crippen molar-refractivity contribution in [1.29, 1.82) is 0 Å². The second-order valence-corrected chi connectivity index (χ2v) is 4.84. The summed E-state index contributed by atoms with van der Waals surface area (Å²) < 4.78 is 0. The predicted molar refractivity (Wildman–Crippen MR) is 74.0 cm³/mol. The van der Waals surface area contributed by atoms with Crippen molar-refractivity contribution in [3.05, 3.63) is 59.2 Å². The van der Waals surface area contributed by atoms with Gasteiger partial charge in [-0.3, -0.25) is 0 Å². The van der Waals surface area contributed by atoms with Gasteiger partial charge in [-0.15, -0.1) is 0 Å². The van der Waals surface area contributed by atoms with Crippen LogP contribution in [0.5, 0.6) is 5.75 Å². The van der Waals surface area contributed by atoms with E-state index in [1.807, 2.05) is 12.1 Å². The van der Waals surface area contributed by atoms with Crippen molar-refractivity contribution in [2.75, 3.05) is 5.32 Å². The van der Waals surface area contributed by atoms with E-state index in [0.29, 0.717) is 11.8 Å². The van der Waals surface area contributed by atoms with E-state index < -0.39 is 0 Å². The highest BCUT2D eigenvalue weighted by Crippen LogP contribution is 2.36. The number of benzene rings is 2. The molecule has 0 bridgehead atoms. The van der Waals surface area contributed by atoms with Gasteiger partial charge in [0.2, 0.25) is 0 Å². The summed E-state index contributed by atoms with van der Waals surface area (Å²) in [5.41, 5.74) is 5.03. The van der Waals surface area contributed by atoms with E-state index in [-0.39, 0.29) is 0 Å². The van der Waals surface area contributed by atoms with Crippen molar-refractivity contribution in [2.24, 2.45) is 0 Å². The number of hydrogen-bond acceptors (Lipinski definition) is 2. The molecule has 1 aliphatic heterocycles. The van der Waals surface area contributed by atoms with Crippen molar-refractivity contribution in [1.82, 2.24) is 0 Å². The molecule has 92 valence electrons. The Labute approximate surface area is 107 Å². The molecule has 1 heterocycles. The minimum absolute atomic E-state index is 0.327. The Bertz CT molecular complexity index is 577. The maximum Gasteiger partial charge on any atom is 0.116 e. The summed E-state index contributed by atoms with van der Waals surface area (Å²) in [7, 11) is 0. The molecule has 0 aromatic heterocycles. The van der Waals surface area contributed by atoms with Gasteiger partial charge in [0.1, 0.15) is 5.75 Å². The molecule has 2 nitrogen and oxygen atoms in total. The van der Waals surface area contributed by atoms with Gasteiger partial charge in [0.25, 0.3) is 0 Å². The predicted octanol–water partition coefficient (Wildman–Crippen LogP) is 3.66. The largest absolute Gasteiger partial charge is 0.508 e. The second-order valence-electron chi connectivity index (χ2n) is 4.84. The average molecular weight is 239 g/mol. The van der Waals surface area contributed by atoms with E-state index in [1.54, 1.807) is 6.07 Å². The molecule has 1 atom stereocenters. The fraction of sp³-hybridized carbons (Fsp3) is 0.250. The lowest BCUT2D eigenvalue weighted by Crippen LogP contribution is -2.05. The lowest BCUT2D eigenvalue weighted by atomic mass is 10.00. The molecular formula is C16H17NO. The smallest absolute Gasteiger partial charge is 0.116 e. The quantitative estimate of drug-likeness (QED) is 0.784. The molecule has 2 aromatic rings. The van der Waals surface area contributed by atoms with Crippen LogP contribution in [0.1, 0.15) is 29.7 Å². The number of phenolic OH excluding ortho intramolecular Hbond substituents is 1. The van der Waals surface area contributed by atoms with Crippen LogP contribution >= 0.6 is 0 Å². The summed E-state index contributed by atoms with van der Waals surface area (Å²) in [4.78, 5) is 0. The monoisotopic (exact) mass is 239 g/mol. The van der Waals surface area contributed by atoms with Crippen LogP contribution in [0.2, 0.25) is 0 Å². The Kier molecular flexibility index (Phi) is 2.71. The van der Waals surface area contributed by atoms with Gasteiger partial charge < -0.3 is 10.4 Å². The van der Waals surface area contributed by atoms with E-state index >= 15 is 0 Å². The fourth-order valence-corrected chi connectivity index (χ4v) is 2.58. The SMILES string of the molecule is CCc1cccc(C2Cc3cc(O)ccc3N2)c1. The first-order valence-corrected chi connectivity index (χ1v) is 6.43. The first kappa shape index (κ1) is 11.1. The maximum atomic E-state index is 9.51. The molecule has 0 amide bonds. The minimum atomic E-state index is 0.327. The topological polar surface area (TPSA) is 32.3 Å². The molecular weight excluding hydrogens is 222 g/mol. The summed E-state index contributed by atoms with van der Waals surface area (Å²) in [6.07, 6.45) is 2.01. The Morgan fingerprint density at radius 2 is 2.11 bits per heavy atom. The lowest BCUT2D eigenvalue weighted by molar-refractivity contribution is 0.475. The molecule has 0 spiro atoms. The highest BCUT2D eigenvalue weighted by atomic mass is 16.3. The Hall–Kier alpha value is -1.96. The third-order valence-electron chi connectivity index (χ3n) is 3.60. The lowest BCUT2D eigenvalue weighted by Gasteiger charge is -2.12. The van der Waals surface area contributed by atoms with Crippen molar-refractivity contribution < 1.29 is 5.11 Å². The van der Waals surface area contributed by atoms with Crippen LogP contribution in [-0.2, 0) is 12.8 Å². The maximum absolute atomic E-state index is 9.51. The molecule has 2 N–H and O–H groups in total. The van der Waals surface area contributed by atoms with Crippen LogP contribution < -0.4 is 5.32 Å². The zero-order valence-corrected chi connectivity index (χ0v) is 10.5. The van der Waals surface area contributed by atoms with Crippen molar-refractivity contribution in [3.63, 3.8) is 0 Å². The van der Waals surface area contributed by atoms with E-state index in [1.165, 1.54) is 16.7 Å². The van der Waals surface area contributed by atoms with Crippen LogP contribution in [-0.4, -0.2) is 5.11 Å². The zero-order chi connectivity index (χ0) is 12.5. The summed E-state index contributed by atoms with van der Waals surface area (Å²) in [6.45, 7) is 2.17. The van der Waals surface area contributed by atoms with E-state index in [4.69, 9.17) is 0 Å². The molecule has 0 aliphatic carbocycles. The Morgan fingerprint density at radius 3 is 2.94 bits per heavy atom. The van der Waals surface area contributed by atoms with Crippen LogP contribution in [0.15, 0.2) is 42.5 Å². The summed E-state index contributed by atoms with van der Waals surface area (Å²) >= 11 is 0. The van der Waals surface area contributed by atoms with Gasteiger partial charge in [-0.05, 0) is 47.7 Å². The number of rotatable bonds is 2. The second kappa shape index (κ2) is 4.37. The molecule has 2 heteroatoms. The molecule has 3 rings (SSSR count). The first-order valence-electron chi connectivity index (χ1n) is 6.43. The van der Waals surface area contributed by atoms with Crippen LogP contribution in [0, 0.1) is 0 Å². The Morgan fingerprint density at radius 1 is 1.22 bits per heavy atom. The normalized spacial score (nSPS) is 17.3. The molecule has 2 aromatic carbocycles. The number of anilines is 1. The third kappa shape index (κ3) is 1.94. The summed E-state index contributed by atoms with van der Waals surface area (Å²) in [6, 6.07) is 14.6. The van der Waals surface area contributed by atoms with Gasteiger partial charge in [0, 0.05) is 5.69 Å². The molecule has 1 aliphatic rings. The minimum Gasteiger partial charge on any atom is -0.508 e. The molecule has 0 radical (unpaired) electrons. The number of hydrogen-bond donors (Lipinski definition) is 2. The van der Waals surface area contributed by atoms with Gasteiger partial charge in [0.05, 0.1) is 6.04 Å². The van der Waals surface area contributed by atoms with Gasteiger partial charge in [-0.25, -0.2) is 0 Å². The number of aromatic hydroxyl groups is 1. The Balaban J connectivity index is 1.88. The first-order chi connectivity index (χ1) is 8.76. The average Bonchev–Trinajstić information content (AvgIpc) is 2.81. The van der Waals surface area contributed by atoms with Gasteiger partial charge >= 0.3 is 0 Å². The number of fused-ring (bicyclic) bond motifs is 1. The van der Waals surface area contributed by atoms with Crippen LogP contribution in [0.4, 0.5) is 5.69 Å². The standard InChI is InChI=1S/C16H17NO/c1-2-11-4-3-5-12(8-11)16-10-13-9-14(18)6-7-15(13)17-16/h3-9,16-18H,2,10H2,1H3. The van der Waals surface area contributed by atoms with E-state index in [9.17, 15) is 5.11 Å². The molecule has 0 saturated heterocycles. The van der Waals surface area contributed by atoms with Crippen molar-refractivity contribution in [3.8, 4) is 5.75 Å². The molecule has 1 unspecified atom stereocenters. The van der Waals surface area contributed by atoms with Gasteiger partial charge in [0.15, 0.2) is 0 Å². The van der Waals surface area contributed by atoms with Crippen molar-refractivity contribution in [2.45, 2.75) is 25.8 Å². The van der Waals surface area contributed by atoms with E-state index in [2.05, 4.69) is 36.5 Å². The zero-order valence-electron chi connectivity index (χ0n) is 10.5. The number of phenols is 1.